The van der Waals surface area contributed by atoms with E-state index in [1.165, 1.54) is 0 Å². The molecule has 0 spiro atoms. The topological polar surface area (TPSA) is 79.8 Å². The zero-order valence-electron chi connectivity index (χ0n) is 18.0. The van der Waals surface area contributed by atoms with Crippen molar-refractivity contribution >= 4 is 11.7 Å². The van der Waals surface area contributed by atoms with Crippen molar-refractivity contribution in [1.82, 2.24) is 20.3 Å². The number of pyridine rings is 3. The van der Waals surface area contributed by atoms with Crippen LogP contribution in [0.5, 0.6) is 0 Å². The van der Waals surface area contributed by atoms with Gasteiger partial charge in [0.1, 0.15) is 5.82 Å². The quantitative estimate of drug-likeness (QED) is 0.438. The maximum absolute atomic E-state index is 13.0. The third-order valence-electron chi connectivity index (χ3n) is 5.14. The number of anilines is 1. The number of hydrogen-bond donors (Lipinski definition) is 2. The van der Waals surface area contributed by atoms with Crippen LogP contribution in [0.3, 0.4) is 0 Å². The van der Waals surface area contributed by atoms with Crippen molar-refractivity contribution in [2.75, 3.05) is 11.9 Å². The summed E-state index contributed by atoms with van der Waals surface area (Å²) in [5, 5.41) is 6.31. The second-order valence-corrected chi connectivity index (χ2v) is 7.45. The molecule has 4 rings (SSSR count). The van der Waals surface area contributed by atoms with Crippen molar-refractivity contribution in [2.45, 2.75) is 19.9 Å². The van der Waals surface area contributed by atoms with E-state index >= 15 is 0 Å². The van der Waals surface area contributed by atoms with Gasteiger partial charge in [-0.25, -0.2) is 4.98 Å². The van der Waals surface area contributed by atoms with Gasteiger partial charge in [0.15, 0.2) is 0 Å². The van der Waals surface area contributed by atoms with Crippen molar-refractivity contribution in [1.29, 1.82) is 0 Å². The summed E-state index contributed by atoms with van der Waals surface area (Å²) in [6, 6.07) is 21.5. The van der Waals surface area contributed by atoms with Crippen molar-refractivity contribution in [2.24, 2.45) is 0 Å². The number of aryl methyl sites for hydroxylation is 1. The fourth-order valence-electron chi connectivity index (χ4n) is 3.42. The number of amides is 1. The van der Waals surface area contributed by atoms with Gasteiger partial charge in [0, 0.05) is 49.4 Å². The average Bonchev–Trinajstić information content (AvgIpc) is 2.84. The van der Waals surface area contributed by atoms with Crippen LogP contribution in [0.4, 0.5) is 5.82 Å². The van der Waals surface area contributed by atoms with Crippen LogP contribution in [-0.4, -0.2) is 27.4 Å². The number of hydrogen-bond acceptors (Lipinski definition) is 5. The van der Waals surface area contributed by atoms with Gasteiger partial charge >= 0.3 is 0 Å². The summed E-state index contributed by atoms with van der Waals surface area (Å²) in [5.41, 5.74) is 5.43. The van der Waals surface area contributed by atoms with E-state index in [0.29, 0.717) is 24.5 Å². The lowest BCUT2D eigenvalue weighted by Crippen LogP contribution is -2.25. The fourth-order valence-corrected chi connectivity index (χ4v) is 3.42. The van der Waals surface area contributed by atoms with E-state index in [0.717, 1.165) is 34.5 Å². The Morgan fingerprint density at radius 2 is 1.81 bits per heavy atom. The summed E-state index contributed by atoms with van der Waals surface area (Å²) in [5.74, 6) is 0.378. The predicted octanol–water partition coefficient (Wildman–Crippen LogP) is 4.43. The smallest absolute Gasteiger partial charge is 0.255 e. The second-order valence-electron chi connectivity index (χ2n) is 7.45. The molecule has 0 aliphatic carbocycles. The summed E-state index contributed by atoms with van der Waals surface area (Å²) in [6.07, 6.45) is 5.96. The molecule has 0 saturated heterocycles. The van der Waals surface area contributed by atoms with Gasteiger partial charge in [-0.15, -0.1) is 0 Å². The second kappa shape index (κ2) is 10.3. The Morgan fingerprint density at radius 1 is 0.938 bits per heavy atom. The van der Waals surface area contributed by atoms with Crippen molar-refractivity contribution in [3.63, 3.8) is 0 Å². The lowest BCUT2D eigenvalue weighted by atomic mass is 10.0. The molecular weight excluding hydrogens is 398 g/mol. The number of nitrogens with zero attached hydrogens (tertiary/aromatic N) is 3. The van der Waals surface area contributed by atoms with Crippen LogP contribution in [0, 0.1) is 6.92 Å². The Balaban J connectivity index is 1.56. The van der Waals surface area contributed by atoms with Gasteiger partial charge in [0.05, 0.1) is 11.3 Å². The van der Waals surface area contributed by atoms with Crippen molar-refractivity contribution in [3.8, 4) is 11.3 Å². The molecule has 1 aromatic carbocycles. The van der Waals surface area contributed by atoms with Gasteiger partial charge in [0.25, 0.3) is 5.91 Å². The fraction of sp³-hybridized carbons (Fsp3) is 0.154. The third-order valence-corrected chi connectivity index (χ3v) is 5.14. The lowest BCUT2D eigenvalue weighted by Gasteiger charge is -2.14. The van der Waals surface area contributed by atoms with Gasteiger partial charge in [-0.3, -0.25) is 14.8 Å². The maximum atomic E-state index is 13.0. The van der Waals surface area contributed by atoms with Crippen LogP contribution in [0.25, 0.3) is 11.3 Å². The van der Waals surface area contributed by atoms with Crippen LogP contribution in [-0.2, 0) is 13.0 Å². The highest BCUT2D eigenvalue weighted by Crippen LogP contribution is 2.25. The maximum Gasteiger partial charge on any atom is 0.255 e. The lowest BCUT2D eigenvalue weighted by molar-refractivity contribution is 0.0951. The SMILES string of the molecule is Cc1ccccc1-c1ccc(C(=O)NCc2cccnc2)c(NCCc2ccccn2)n1. The number of benzene rings is 1. The number of nitrogens with one attached hydrogen (secondary N) is 2. The molecule has 0 aliphatic heterocycles. The zero-order chi connectivity index (χ0) is 22.2. The minimum Gasteiger partial charge on any atom is -0.369 e. The number of carbonyl (C=O) groups excluding carboxylic acids is 1. The first-order chi connectivity index (χ1) is 15.7. The third kappa shape index (κ3) is 5.35. The molecule has 3 heterocycles. The molecule has 6 nitrogen and oxygen atoms in total. The first-order valence-electron chi connectivity index (χ1n) is 10.6. The summed E-state index contributed by atoms with van der Waals surface area (Å²) in [4.78, 5) is 26.2. The first kappa shape index (κ1) is 21.2. The van der Waals surface area contributed by atoms with Crippen molar-refractivity contribution in [3.05, 3.63) is 108 Å². The molecule has 160 valence electrons. The van der Waals surface area contributed by atoms with Crippen molar-refractivity contribution < 1.29 is 4.79 Å². The standard InChI is InChI=1S/C26H25N5O/c1-19-7-2-3-10-22(19)24-12-11-23(26(32)30-18-20-8-6-14-27-17-20)25(31-24)29-16-13-21-9-4-5-15-28-21/h2-12,14-15,17H,13,16,18H2,1H3,(H,29,31)(H,30,32). The van der Waals surface area contributed by atoms with E-state index in [1.807, 2.05) is 60.7 Å². The van der Waals surface area contributed by atoms with E-state index < -0.39 is 0 Å². The molecule has 0 fully saturated rings. The summed E-state index contributed by atoms with van der Waals surface area (Å²) in [6.45, 7) is 3.07. The number of aromatic nitrogens is 3. The Labute approximate surface area is 187 Å². The van der Waals surface area contributed by atoms with Gasteiger partial charge in [-0.1, -0.05) is 36.4 Å². The number of carbonyl (C=O) groups is 1. The van der Waals surface area contributed by atoms with E-state index in [4.69, 9.17) is 4.98 Å². The summed E-state index contributed by atoms with van der Waals surface area (Å²) in [7, 11) is 0. The Bertz CT molecular complexity index is 1180. The van der Waals surface area contributed by atoms with Crippen LogP contribution in [0.1, 0.15) is 27.2 Å². The predicted molar refractivity (Wildman–Crippen MR) is 126 cm³/mol. The molecule has 0 aliphatic rings. The normalized spacial score (nSPS) is 10.5. The molecule has 6 heteroatoms. The van der Waals surface area contributed by atoms with E-state index in [1.54, 1.807) is 18.6 Å². The molecular formula is C26H25N5O. The molecule has 32 heavy (non-hydrogen) atoms. The van der Waals surface area contributed by atoms with E-state index in [2.05, 4.69) is 33.6 Å². The van der Waals surface area contributed by atoms with Gasteiger partial charge in [-0.05, 0) is 48.4 Å². The highest BCUT2D eigenvalue weighted by Gasteiger charge is 2.15. The molecule has 0 atom stereocenters. The van der Waals surface area contributed by atoms with Crippen LogP contribution >= 0.6 is 0 Å². The largest absolute Gasteiger partial charge is 0.369 e. The summed E-state index contributed by atoms with van der Waals surface area (Å²) < 4.78 is 0. The Kier molecular flexibility index (Phi) is 6.82. The summed E-state index contributed by atoms with van der Waals surface area (Å²) >= 11 is 0. The molecule has 4 aromatic rings. The Hall–Kier alpha value is -4.06. The molecule has 2 N–H and O–H groups in total. The minimum absolute atomic E-state index is 0.182. The van der Waals surface area contributed by atoms with E-state index in [9.17, 15) is 4.79 Å². The molecule has 0 unspecified atom stereocenters. The van der Waals surface area contributed by atoms with Crippen LogP contribution in [0.15, 0.2) is 85.3 Å². The molecule has 1 amide bonds. The zero-order valence-corrected chi connectivity index (χ0v) is 18.0. The minimum atomic E-state index is -0.182. The van der Waals surface area contributed by atoms with E-state index in [-0.39, 0.29) is 5.91 Å². The van der Waals surface area contributed by atoms with Gasteiger partial charge < -0.3 is 10.6 Å². The van der Waals surface area contributed by atoms with Crippen LogP contribution < -0.4 is 10.6 Å². The molecule has 0 bridgehead atoms. The average molecular weight is 424 g/mol. The number of rotatable bonds is 8. The van der Waals surface area contributed by atoms with Gasteiger partial charge in [0.2, 0.25) is 0 Å². The van der Waals surface area contributed by atoms with Gasteiger partial charge in [-0.2, -0.15) is 0 Å². The molecule has 3 aromatic heterocycles. The monoisotopic (exact) mass is 423 g/mol. The van der Waals surface area contributed by atoms with Crippen LogP contribution in [0.2, 0.25) is 0 Å². The highest BCUT2D eigenvalue weighted by atomic mass is 16.1. The molecule has 0 radical (unpaired) electrons. The Morgan fingerprint density at radius 3 is 2.59 bits per heavy atom. The first-order valence-corrected chi connectivity index (χ1v) is 10.6. The molecule has 0 saturated carbocycles. The highest BCUT2D eigenvalue weighted by molar-refractivity contribution is 5.99.